The number of carbonyl (C=O) groups excluding carboxylic acids is 1. The van der Waals surface area contributed by atoms with Gasteiger partial charge in [-0.25, -0.2) is 4.79 Å². The van der Waals surface area contributed by atoms with Crippen LogP contribution in [0, 0.1) is 6.92 Å². The molecule has 0 saturated heterocycles. The predicted octanol–water partition coefficient (Wildman–Crippen LogP) is 3.11. The van der Waals surface area contributed by atoms with E-state index in [9.17, 15) is 14.7 Å². The highest BCUT2D eigenvalue weighted by Gasteiger charge is 2.22. The van der Waals surface area contributed by atoms with Crippen molar-refractivity contribution < 1.29 is 14.7 Å². The zero-order chi connectivity index (χ0) is 17.6. The van der Waals surface area contributed by atoms with Crippen molar-refractivity contribution in [3.63, 3.8) is 0 Å². The lowest BCUT2D eigenvalue weighted by molar-refractivity contribution is 0.0696. The number of carboxylic acid groups (broad SMARTS) is 1. The molecule has 0 radical (unpaired) electrons. The van der Waals surface area contributed by atoms with Crippen LogP contribution < -0.4 is 0 Å². The van der Waals surface area contributed by atoms with Crippen LogP contribution in [0.3, 0.4) is 0 Å². The number of aromatic carboxylic acids is 1. The SMILES string of the molecule is CCc1c(-c2ccn(C)n2)cn2c(C(C)=O)c(C)c(C(=O)O)cc12. The first-order chi connectivity index (χ1) is 11.3. The summed E-state index contributed by atoms with van der Waals surface area (Å²) in [5.41, 5.74) is 4.50. The second-order valence-electron chi connectivity index (χ2n) is 5.90. The van der Waals surface area contributed by atoms with Gasteiger partial charge >= 0.3 is 5.97 Å². The number of carbonyl (C=O) groups is 2. The van der Waals surface area contributed by atoms with Crippen LogP contribution in [0.1, 0.15) is 45.8 Å². The number of pyridine rings is 1. The van der Waals surface area contributed by atoms with E-state index in [-0.39, 0.29) is 11.3 Å². The van der Waals surface area contributed by atoms with Crippen molar-refractivity contribution in [1.82, 2.24) is 14.2 Å². The van der Waals surface area contributed by atoms with Crippen LogP contribution >= 0.6 is 0 Å². The molecule has 0 fully saturated rings. The number of Topliss-reactive ketones (excluding diaryl/α,β-unsaturated/α-hetero) is 1. The number of aromatic nitrogens is 3. The summed E-state index contributed by atoms with van der Waals surface area (Å²) in [6.07, 6.45) is 4.45. The van der Waals surface area contributed by atoms with Crippen molar-refractivity contribution in [1.29, 1.82) is 0 Å². The van der Waals surface area contributed by atoms with Gasteiger partial charge in [0.05, 0.1) is 22.5 Å². The first-order valence-electron chi connectivity index (χ1n) is 7.76. The number of ketones is 1. The van der Waals surface area contributed by atoms with E-state index >= 15 is 0 Å². The Balaban J connectivity index is 2.45. The lowest BCUT2D eigenvalue weighted by atomic mass is 10.0. The van der Waals surface area contributed by atoms with Gasteiger partial charge in [0.25, 0.3) is 0 Å². The molecule has 0 atom stereocenters. The molecular formula is C18H19N3O3. The molecular weight excluding hydrogens is 306 g/mol. The van der Waals surface area contributed by atoms with Gasteiger partial charge in [-0.15, -0.1) is 0 Å². The van der Waals surface area contributed by atoms with Gasteiger partial charge in [0, 0.05) is 31.9 Å². The van der Waals surface area contributed by atoms with Crippen LogP contribution in [0.25, 0.3) is 16.8 Å². The Morgan fingerprint density at radius 1 is 1.33 bits per heavy atom. The first-order valence-corrected chi connectivity index (χ1v) is 7.76. The topological polar surface area (TPSA) is 76.6 Å². The van der Waals surface area contributed by atoms with Gasteiger partial charge in [-0.2, -0.15) is 5.10 Å². The molecule has 0 aliphatic carbocycles. The van der Waals surface area contributed by atoms with Crippen LogP contribution in [0.2, 0.25) is 0 Å². The molecule has 0 aliphatic heterocycles. The molecule has 3 aromatic rings. The summed E-state index contributed by atoms with van der Waals surface area (Å²) in [5.74, 6) is -1.19. The van der Waals surface area contributed by atoms with Crippen molar-refractivity contribution in [2.45, 2.75) is 27.2 Å². The Bertz CT molecular complexity index is 979. The molecule has 0 saturated carbocycles. The summed E-state index contributed by atoms with van der Waals surface area (Å²) in [4.78, 5) is 23.8. The van der Waals surface area contributed by atoms with E-state index in [1.54, 1.807) is 22.1 Å². The number of carboxylic acids is 1. The number of rotatable bonds is 4. The number of hydrogen-bond acceptors (Lipinski definition) is 3. The smallest absolute Gasteiger partial charge is 0.336 e. The fourth-order valence-corrected chi connectivity index (χ4v) is 3.26. The Morgan fingerprint density at radius 3 is 2.54 bits per heavy atom. The molecule has 0 aliphatic rings. The molecule has 6 nitrogen and oxygen atoms in total. The van der Waals surface area contributed by atoms with Gasteiger partial charge < -0.3 is 9.51 Å². The zero-order valence-electron chi connectivity index (χ0n) is 14.1. The summed E-state index contributed by atoms with van der Waals surface area (Å²) >= 11 is 0. The van der Waals surface area contributed by atoms with E-state index in [0.717, 1.165) is 22.3 Å². The van der Waals surface area contributed by atoms with E-state index in [1.807, 2.05) is 32.4 Å². The van der Waals surface area contributed by atoms with Crippen LogP contribution in [0.15, 0.2) is 24.5 Å². The summed E-state index contributed by atoms with van der Waals surface area (Å²) in [5, 5.41) is 13.9. The molecule has 0 bridgehead atoms. The van der Waals surface area contributed by atoms with Crippen molar-refractivity contribution in [2.75, 3.05) is 0 Å². The number of aryl methyl sites for hydroxylation is 2. The number of hydrogen-bond donors (Lipinski definition) is 1. The highest BCUT2D eigenvalue weighted by Crippen LogP contribution is 2.31. The van der Waals surface area contributed by atoms with Gasteiger partial charge in [-0.05, 0) is 36.6 Å². The number of fused-ring (bicyclic) bond motifs is 1. The molecule has 124 valence electrons. The maximum Gasteiger partial charge on any atom is 0.336 e. The fraction of sp³-hybridized carbons (Fsp3) is 0.278. The lowest BCUT2D eigenvalue weighted by Crippen LogP contribution is -2.11. The van der Waals surface area contributed by atoms with Crippen molar-refractivity contribution in [3.05, 3.63) is 46.9 Å². The Hall–Kier alpha value is -2.89. The monoisotopic (exact) mass is 325 g/mol. The summed E-state index contributed by atoms with van der Waals surface area (Å²) in [6, 6.07) is 3.56. The zero-order valence-corrected chi connectivity index (χ0v) is 14.1. The second kappa shape index (κ2) is 5.63. The largest absolute Gasteiger partial charge is 0.478 e. The lowest BCUT2D eigenvalue weighted by Gasteiger charge is -2.11. The normalized spacial score (nSPS) is 11.2. The third kappa shape index (κ3) is 2.31. The van der Waals surface area contributed by atoms with E-state index in [0.29, 0.717) is 17.7 Å². The van der Waals surface area contributed by atoms with E-state index < -0.39 is 5.97 Å². The summed E-state index contributed by atoms with van der Waals surface area (Å²) in [7, 11) is 1.85. The maximum absolute atomic E-state index is 12.2. The molecule has 3 rings (SSSR count). The number of nitrogens with zero attached hydrogens (tertiary/aromatic N) is 3. The summed E-state index contributed by atoms with van der Waals surface area (Å²) < 4.78 is 3.52. The Labute approximate surface area is 139 Å². The predicted molar refractivity (Wildman–Crippen MR) is 90.7 cm³/mol. The summed E-state index contributed by atoms with van der Waals surface area (Å²) in [6.45, 7) is 5.14. The van der Waals surface area contributed by atoms with Crippen LogP contribution in [-0.2, 0) is 13.5 Å². The highest BCUT2D eigenvalue weighted by atomic mass is 16.4. The molecule has 3 heterocycles. The van der Waals surface area contributed by atoms with Crippen LogP contribution in [0.4, 0.5) is 0 Å². The minimum absolute atomic E-state index is 0.160. The van der Waals surface area contributed by atoms with Gasteiger partial charge in [-0.3, -0.25) is 9.48 Å². The molecule has 24 heavy (non-hydrogen) atoms. The molecule has 1 N–H and O–H groups in total. The quantitative estimate of drug-likeness (QED) is 0.748. The van der Waals surface area contributed by atoms with E-state index in [4.69, 9.17) is 0 Å². The van der Waals surface area contributed by atoms with Crippen LogP contribution in [-0.4, -0.2) is 31.0 Å². The third-order valence-corrected chi connectivity index (χ3v) is 4.34. The first kappa shape index (κ1) is 16.0. The van der Waals surface area contributed by atoms with Crippen molar-refractivity contribution in [3.8, 4) is 11.3 Å². The van der Waals surface area contributed by atoms with Gasteiger partial charge in [0.15, 0.2) is 5.78 Å². The van der Waals surface area contributed by atoms with E-state index in [2.05, 4.69) is 5.10 Å². The Morgan fingerprint density at radius 2 is 2.04 bits per heavy atom. The van der Waals surface area contributed by atoms with Crippen molar-refractivity contribution in [2.24, 2.45) is 7.05 Å². The average molecular weight is 325 g/mol. The van der Waals surface area contributed by atoms with Crippen LogP contribution in [0.5, 0.6) is 0 Å². The second-order valence-corrected chi connectivity index (χ2v) is 5.90. The molecule has 0 spiro atoms. The van der Waals surface area contributed by atoms with Gasteiger partial charge in [0.2, 0.25) is 0 Å². The minimum atomic E-state index is -1.03. The van der Waals surface area contributed by atoms with E-state index in [1.165, 1.54) is 6.92 Å². The average Bonchev–Trinajstić information content (AvgIpc) is 3.08. The molecule has 6 heteroatoms. The molecule has 3 aromatic heterocycles. The molecule has 0 amide bonds. The molecule has 0 aromatic carbocycles. The van der Waals surface area contributed by atoms with Crippen molar-refractivity contribution >= 4 is 17.3 Å². The van der Waals surface area contributed by atoms with Gasteiger partial charge in [0.1, 0.15) is 0 Å². The third-order valence-electron chi connectivity index (χ3n) is 4.34. The highest BCUT2D eigenvalue weighted by molar-refractivity contribution is 6.01. The standard InChI is InChI=1S/C18H19N3O3/c1-5-12-14(15-6-7-20(4)19-15)9-21-16(12)8-13(18(23)24)10(2)17(21)11(3)22/h6-9H,5H2,1-4H3,(H,23,24). The molecule has 0 unspecified atom stereocenters. The Kier molecular flexibility index (Phi) is 3.75. The minimum Gasteiger partial charge on any atom is -0.478 e. The van der Waals surface area contributed by atoms with Gasteiger partial charge in [-0.1, -0.05) is 6.92 Å². The fourth-order valence-electron chi connectivity index (χ4n) is 3.26. The maximum atomic E-state index is 12.2.